The molecule has 0 aliphatic carbocycles. The molecule has 0 spiro atoms. The van der Waals surface area contributed by atoms with Crippen molar-refractivity contribution in [3.05, 3.63) is 150 Å². The fraction of sp³-hybridized carbons (Fsp3) is 0.135. The van der Waals surface area contributed by atoms with Crippen molar-refractivity contribution in [1.82, 2.24) is 15.2 Å². The number of hydrogen-bond acceptors (Lipinski definition) is 5. The first kappa shape index (κ1) is 33.4. The normalized spacial score (nSPS) is 11.7. The van der Waals surface area contributed by atoms with Crippen LogP contribution in [0.4, 0.5) is 18.9 Å². The van der Waals surface area contributed by atoms with Crippen molar-refractivity contribution in [2.75, 3.05) is 19.0 Å². The van der Waals surface area contributed by atoms with Crippen LogP contribution in [0.15, 0.2) is 128 Å². The van der Waals surface area contributed by atoms with Gasteiger partial charge >= 0.3 is 6.18 Å². The third kappa shape index (κ3) is 8.64. The first-order valence-electron chi connectivity index (χ1n) is 14.9. The molecule has 0 bridgehead atoms. The molecule has 5 rings (SSSR count). The second kappa shape index (κ2) is 15.1. The molecule has 5 aromatic rings. The van der Waals surface area contributed by atoms with Crippen molar-refractivity contribution in [3.8, 4) is 17.0 Å². The van der Waals surface area contributed by atoms with Gasteiger partial charge in [-0.3, -0.25) is 14.4 Å². The monoisotopic (exact) mass is 652 g/mol. The lowest BCUT2D eigenvalue weighted by Gasteiger charge is -2.25. The molecule has 0 aliphatic rings. The van der Waals surface area contributed by atoms with Crippen molar-refractivity contribution in [2.24, 2.45) is 0 Å². The minimum absolute atomic E-state index is 0.108. The van der Waals surface area contributed by atoms with E-state index in [0.717, 1.165) is 17.7 Å². The highest BCUT2D eigenvalue weighted by atomic mass is 19.4. The standard InChI is InChI=1S/C37H31F3N4O4/c1-44(23-25-10-4-2-5-11-25)36(47)34(27-12-6-3-7-13-27)43-32(45)24-48-33-21-20-29(22-41-33)42-35(46)31-15-9-8-14-30(31)26-16-18-28(19-17-26)37(38,39)40/h2-22,34H,23-24H2,1H3,(H,42,46)(H,43,45). The van der Waals surface area contributed by atoms with Gasteiger partial charge in [0.2, 0.25) is 11.8 Å². The second-order valence-electron chi connectivity index (χ2n) is 10.8. The van der Waals surface area contributed by atoms with Gasteiger partial charge < -0.3 is 20.3 Å². The van der Waals surface area contributed by atoms with Gasteiger partial charge in [0, 0.05) is 25.2 Å². The van der Waals surface area contributed by atoms with Crippen molar-refractivity contribution < 1.29 is 32.3 Å². The van der Waals surface area contributed by atoms with Crippen LogP contribution in [0.3, 0.4) is 0 Å². The van der Waals surface area contributed by atoms with E-state index in [4.69, 9.17) is 4.74 Å². The third-order valence-electron chi connectivity index (χ3n) is 7.36. The number of nitrogens with zero attached hydrogens (tertiary/aromatic N) is 2. The van der Waals surface area contributed by atoms with Crippen LogP contribution in [-0.2, 0) is 22.3 Å². The maximum atomic E-state index is 13.4. The van der Waals surface area contributed by atoms with E-state index in [1.165, 1.54) is 30.5 Å². The number of likely N-dealkylation sites (N-methyl/N-ethyl adjacent to an activating group) is 1. The zero-order valence-electron chi connectivity index (χ0n) is 25.8. The molecule has 48 heavy (non-hydrogen) atoms. The number of hydrogen-bond donors (Lipinski definition) is 2. The summed E-state index contributed by atoms with van der Waals surface area (Å²) in [5, 5.41) is 5.48. The van der Waals surface area contributed by atoms with E-state index < -0.39 is 36.2 Å². The fourth-order valence-corrected chi connectivity index (χ4v) is 4.94. The number of rotatable bonds is 11. The summed E-state index contributed by atoms with van der Waals surface area (Å²) in [4.78, 5) is 45.2. The molecule has 8 nitrogen and oxygen atoms in total. The molecule has 1 heterocycles. The first-order valence-corrected chi connectivity index (χ1v) is 14.9. The van der Waals surface area contributed by atoms with Crippen LogP contribution in [0.25, 0.3) is 11.1 Å². The second-order valence-corrected chi connectivity index (χ2v) is 10.8. The van der Waals surface area contributed by atoms with Crippen LogP contribution >= 0.6 is 0 Å². The van der Waals surface area contributed by atoms with Gasteiger partial charge in [0.15, 0.2) is 6.61 Å². The zero-order valence-corrected chi connectivity index (χ0v) is 25.8. The highest BCUT2D eigenvalue weighted by Crippen LogP contribution is 2.32. The van der Waals surface area contributed by atoms with E-state index in [2.05, 4.69) is 15.6 Å². The van der Waals surface area contributed by atoms with Crippen LogP contribution in [0.2, 0.25) is 0 Å². The number of ether oxygens (including phenoxy) is 1. The zero-order chi connectivity index (χ0) is 34.1. The van der Waals surface area contributed by atoms with Crippen molar-refractivity contribution >= 4 is 23.4 Å². The summed E-state index contributed by atoms with van der Waals surface area (Å²) in [6.45, 7) is -0.0545. The van der Waals surface area contributed by atoms with Crippen LogP contribution in [0, 0.1) is 0 Å². The summed E-state index contributed by atoms with van der Waals surface area (Å²) in [6.07, 6.45) is -3.12. The van der Waals surface area contributed by atoms with Crippen LogP contribution in [0.1, 0.15) is 33.1 Å². The SMILES string of the molecule is CN(Cc1ccccc1)C(=O)C(NC(=O)COc1ccc(NC(=O)c2ccccc2-c2ccc(C(F)(F)F)cc2)cn1)c1ccccc1. The molecule has 0 saturated heterocycles. The van der Waals surface area contributed by atoms with Crippen LogP contribution in [-0.4, -0.2) is 41.3 Å². The van der Waals surface area contributed by atoms with E-state index >= 15 is 0 Å². The molecule has 0 aliphatic heterocycles. The molecule has 1 unspecified atom stereocenters. The van der Waals surface area contributed by atoms with Gasteiger partial charge in [-0.15, -0.1) is 0 Å². The Morgan fingerprint density at radius 2 is 1.46 bits per heavy atom. The molecule has 244 valence electrons. The number of nitrogens with one attached hydrogen (secondary N) is 2. The maximum absolute atomic E-state index is 13.4. The number of amides is 3. The molecule has 2 N–H and O–H groups in total. The van der Waals surface area contributed by atoms with Gasteiger partial charge in [-0.25, -0.2) is 4.98 Å². The Balaban J connectivity index is 1.19. The number of carbonyl (C=O) groups is 3. The summed E-state index contributed by atoms with van der Waals surface area (Å²) < 4.78 is 44.6. The van der Waals surface area contributed by atoms with Gasteiger partial charge in [0.05, 0.1) is 17.4 Å². The predicted octanol–water partition coefficient (Wildman–Crippen LogP) is 6.91. The van der Waals surface area contributed by atoms with E-state index in [1.807, 2.05) is 36.4 Å². The van der Waals surface area contributed by atoms with Gasteiger partial charge in [-0.05, 0) is 46.5 Å². The molecule has 0 saturated carbocycles. The summed E-state index contributed by atoms with van der Waals surface area (Å²) in [5.41, 5.74) is 2.28. The van der Waals surface area contributed by atoms with Crippen LogP contribution < -0.4 is 15.4 Å². The average Bonchev–Trinajstić information content (AvgIpc) is 3.10. The lowest BCUT2D eigenvalue weighted by molar-refractivity contribution is -0.137. The number of anilines is 1. The van der Waals surface area contributed by atoms with E-state index in [1.54, 1.807) is 60.5 Å². The summed E-state index contributed by atoms with van der Waals surface area (Å²) in [6, 6.07) is 31.6. The fourth-order valence-electron chi connectivity index (χ4n) is 4.94. The summed E-state index contributed by atoms with van der Waals surface area (Å²) in [5.74, 6) is -1.22. The number of aromatic nitrogens is 1. The molecule has 1 aromatic heterocycles. The Hall–Kier alpha value is -5.97. The summed E-state index contributed by atoms with van der Waals surface area (Å²) >= 11 is 0. The van der Waals surface area contributed by atoms with Crippen LogP contribution in [0.5, 0.6) is 5.88 Å². The molecule has 0 fully saturated rings. The topological polar surface area (TPSA) is 101 Å². The number of benzene rings is 4. The largest absolute Gasteiger partial charge is 0.468 e. The van der Waals surface area contributed by atoms with Gasteiger partial charge in [0.25, 0.3) is 11.8 Å². The number of carbonyl (C=O) groups excluding carboxylic acids is 3. The smallest absolute Gasteiger partial charge is 0.416 e. The molecular weight excluding hydrogens is 621 g/mol. The maximum Gasteiger partial charge on any atom is 0.416 e. The van der Waals surface area contributed by atoms with Crippen molar-refractivity contribution in [1.29, 1.82) is 0 Å². The quantitative estimate of drug-likeness (QED) is 0.162. The Morgan fingerprint density at radius 1 is 0.812 bits per heavy atom. The molecule has 4 aromatic carbocycles. The Labute approximate surface area is 275 Å². The predicted molar refractivity (Wildman–Crippen MR) is 175 cm³/mol. The Morgan fingerprint density at radius 3 is 2.10 bits per heavy atom. The van der Waals surface area contributed by atoms with E-state index in [9.17, 15) is 27.6 Å². The third-order valence-corrected chi connectivity index (χ3v) is 7.36. The van der Waals surface area contributed by atoms with Crippen molar-refractivity contribution in [2.45, 2.75) is 18.8 Å². The lowest BCUT2D eigenvalue weighted by Crippen LogP contribution is -2.42. The summed E-state index contributed by atoms with van der Waals surface area (Å²) in [7, 11) is 1.67. The minimum atomic E-state index is -4.47. The molecule has 11 heteroatoms. The van der Waals surface area contributed by atoms with Gasteiger partial charge in [0.1, 0.15) is 6.04 Å². The molecule has 1 atom stereocenters. The minimum Gasteiger partial charge on any atom is -0.468 e. The number of halogens is 3. The Bertz CT molecular complexity index is 1850. The first-order chi connectivity index (χ1) is 23.1. The molecule has 0 radical (unpaired) electrons. The molecule has 3 amide bonds. The van der Waals surface area contributed by atoms with Crippen molar-refractivity contribution in [3.63, 3.8) is 0 Å². The molecular formula is C37H31F3N4O4. The Kier molecular flexibility index (Phi) is 10.5. The number of alkyl halides is 3. The van der Waals surface area contributed by atoms with Gasteiger partial charge in [-0.1, -0.05) is 91.0 Å². The van der Waals surface area contributed by atoms with E-state index in [0.29, 0.717) is 28.9 Å². The highest BCUT2D eigenvalue weighted by Gasteiger charge is 2.30. The highest BCUT2D eigenvalue weighted by molar-refractivity contribution is 6.08. The van der Waals surface area contributed by atoms with Gasteiger partial charge in [-0.2, -0.15) is 13.2 Å². The average molecular weight is 653 g/mol. The van der Waals surface area contributed by atoms with E-state index in [-0.39, 0.29) is 17.4 Å². The number of pyridine rings is 1. The lowest BCUT2D eigenvalue weighted by atomic mass is 9.98.